The number of cyclic esters (lactones) is 2. The van der Waals surface area contributed by atoms with E-state index in [0.717, 1.165) is 12.0 Å². The molecule has 0 aromatic heterocycles. The largest absolute Gasteiger partial charge is 0.463 e. The molecule has 3 heterocycles. The summed E-state index contributed by atoms with van der Waals surface area (Å²) in [5, 5.41) is 11.5. The van der Waals surface area contributed by atoms with Crippen LogP contribution < -0.4 is 10.8 Å². The second-order valence-corrected chi connectivity index (χ2v) is 12.9. The van der Waals surface area contributed by atoms with E-state index in [1.165, 1.54) is 29.8 Å². The van der Waals surface area contributed by atoms with Gasteiger partial charge < -0.3 is 29.0 Å². The summed E-state index contributed by atoms with van der Waals surface area (Å²) >= 11 is 0. The third kappa shape index (κ3) is 6.17. The first-order chi connectivity index (χ1) is 21.5. The van der Waals surface area contributed by atoms with Gasteiger partial charge in [-0.1, -0.05) is 37.6 Å². The van der Waals surface area contributed by atoms with Gasteiger partial charge in [0.1, 0.15) is 24.4 Å². The Hall–Kier alpha value is -3.55. The molecule has 1 saturated carbocycles. The van der Waals surface area contributed by atoms with Crippen molar-refractivity contribution in [1.29, 1.82) is 0 Å². The van der Waals surface area contributed by atoms with E-state index in [-0.39, 0.29) is 45.0 Å². The lowest BCUT2D eigenvalue weighted by Gasteiger charge is -2.58. The fraction of sp³-hybridized carbons (Fsp3) is 0.656. The molecule has 2 spiro atoms. The van der Waals surface area contributed by atoms with Crippen LogP contribution in [-0.4, -0.2) is 84.7 Å². The number of epoxide rings is 1. The highest BCUT2D eigenvalue weighted by Crippen LogP contribution is 2.72. The fourth-order valence-corrected chi connectivity index (χ4v) is 7.58. The molecule has 2 amide bonds. The van der Waals surface area contributed by atoms with E-state index in [0.29, 0.717) is 19.4 Å². The van der Waals surface area contributed by atoms with Crippen molar-refractivity contribution in [2.75, 3.05) is 19.8 Å². The van der Waals surface area contributed by atoms with Crippen LogP contribution >= 0.6 is 0 Å². The van der Waals surface area contributed by atoms with Crippen LogP contribution in [0.15, 0.2) is 36.0 Å². The SMILES string of the molecule is CC1=CC2O[C@@H]3C[C@H]4OC(=O)/C=C\C=C\C(=O)OCC[C@@H](C)[C@@H](NC(=O)CCCC(=O)NO)C(=O)OC[C@@]2(CC1)[C@]4(C)[C@]31CO1. The molecule has 2 bridgehead atoms. The Bertz CT molecular complexity index is 1300. The quantitative estimate of drug-likeness (QED) is 0.101. The first kappa shape index (κ1) is 32.8. The van der Waals surface area contributed by atoms with Crippen molar-refractivity contribution in [1.82, 2.24) is 10.8 Å². The molecule has 3 aliphatic heterocycles. The van der Waals surface area contributed by atoms with Gasteiger partial charge in [0.15, 0.2) is 0 Å². The number of esters is 3. The molecule has 0 radical (unpaired) electrons. The van der Waals surface area contributed by atoms with Gasteiger partial charge in [0.2, 0.25) is 11.8 Å². The summed E-state index contributed by atoms with van der Waals surface area (Å²) in [6.45, 7) is 6.16. The Balaban J connectivity index is 1.45. The summed E-state index contributed by atoms with van der Waals surface area (Å²) in [4.78, 5) is 63.2. The molecule has 45 heavy (non-hydrogen) atoms. The van der Waals surface area contributed by atoms with Crippen molar-refractivity contribution in [2.45, 2.75) is 95.7 Å². The van der Waals surface area contributed by atoms with E-state index in [9.17, 15) is 24.0 Å². The zero-order valence-electron chi connectivity index (χ0n) is 25.9. The van der Waals surface area contributed by atoms with Crippen LogP contribution in [-0.2, 0) is 47.7 Å². The molecule has 2 saturated heterocycles. The van der Waals surface area contributed by atoms with E-state index >= 15 is 0 Å². The number of allylic oxidation sites excluding steroid dienone is 3. The van der Waals surface area contributed by atoms with Crippen LogP contribution in [0.25, 0.3) is 0 Å². The third-order valence-corrected chi connectivity index (χ3v) is 10.4. The second-order valence-electron chi connectivity index (χ2n) is 12.9. The molecular weight excluding hydrogens is 588 g/mol. The van der Waals surface area contributed by atoms with E-state index in [2.05, 4.69) is 11.4 Å². The highest BCUT2D eigenvalue weighted by molar-refractivity contribution is 5.86. The molecule has 3 N–H and O–H groups in total. The van der Waals surface area contributed by atoms with Crippen LogP contribution in [0.1, 0.15) is 65.7 Å². The summed E-state index contributed by atoms with van der Waals surface area (Å²) < 4.78 is 30.2. The number of amides is 2. The van der Waals surface area contributed by atoms with Gasteiger partial charge >= 0.3 is 17.9 Å². The molecule has 5 rings (SSSR count). The number of ether oxygens (including phenoxy) is 5. The monoisotopic (exact) mass is 630 g/mol. The molecule has 1 unspecified atom stereocenters. The maximum absolute atomic E-state index is 13.8. The predicted molar refractivity (Wildman–Crippen MR) is 155 cm³/mol. The van der Waals surface area contributed by atoms with Crippen LogP contribution in [0, 0.1) is 16.7 Å². The molecule has 13 nitrogen and oxygen atoms in total. The van der Waals surface area contributed by atoms with Crippen molar-refractivity contribution >= 4 is 29.7 Å². The Morgan fingerprint density at radius 1 is 1.02 bits per heavy atom. The average Bonchev–Trinajstić information content (AvgIpc) is 3.79. The lowest BCUT2D eigenvalue weighted by atomic mass is 9.51. The van der Waals surface area contributed by atoms with Crippen molar-refractivity contribution in [3.8, 4) is 0 Å². The van der Waals surface area contributed by atoms with Crippen LogP contribution in [0.5, 0.6) is 0 Å². The number of hydrogen-bond acceptors (Lipinski definition) is 11. The zero-order chi connectivity index (χ0) is 32.4. The number of rotatable bonds is 5. The maximum Gasteiger partial charge on any atom is 0.331 e. The summed E-state index contributed by atoms with van der Waals surface area (Å²) in [6.07, 6.45) is 7.98. The third-order valence-electron chi connectivity index (χ3n) is 10.4. The van der Waals surface area contributed by atoms with Crippen LogP contribution in [0.4, 0.5) is 0 Å². The minimum absolute atomic E-state index is 0.0304. The first-order valence-corrected chi connectivity index (χ1v) is 15.5. The lowest BCUT2D eigenvalue weighted by Crippen LogP contribution is -2.67. The maximum atomic E-state index is 13.8. The van der Waals surface area contributed by atoms with E-state index in [4.69, 9.17) is 28.9 Å². The lowest BCUT2D eigenvalue weighted by molar-refractivity contribution is -0.233. The minimum Gasteiger partial charge on any atom is -0.463 e. The molecule has 246 valence electrons. The topological polar surface area (TPSA) is 179 Å². The molecule has 5 aliphatic rings. The molecule has 8 atom stereocenters. The first-order valence-electron chi connectivity index (χ1n) is 15.5. The molecular formula is C32H42N2O11. The Kier molecular flexibility index (Phi) is 9.52. The van der Waals surface area contributed by atoms with E-state index in [1.54, 1.807) is 6.92 Å². The number of carbonyl (C=O) groups excluding carboxylic acids is 5. The summed E-state index contributed by atoms with van der Waals surface area (Å²) in [5.41, 5.74) is 0.417. The summed E-state index contributed by atoms with van der Waals surface area (Å²) in [5.74, 6) is -3.46. The fourth-order valence-electron chi connectivity index (χ4n) is 7.58. The Morgan fingerprint density at radius 3 is 2.44 bits per heavy atom. The highest BCUT2D eigenvalue weighted by Gasteiger charge is 2.83. The molecule has 13 heteroatoms. The normalized spacial score (nSPS) is 39.5. The highest BCUT2D eigenvalue weighted by atomic mass is 16.6. The number of carbonyl (C=O) groups is 5. The van der Waals surface area contributed by atoms with Crippen molar-refractivity contribution in [3.05, 3.63) is 36.0 Å². The molecule has 0 aromatic rings. The molecule has 3 fully saturated rings. The number of nitrogens with one attached hydrogen (secondary N) is 2. The van der Waals surface area contributed by atoms with Gasteiger partial charge in [-0.25, -0.2) is 19.9 Å². The summed E-state index contributed by atoms with van der Waals surface area (Å²) in [6, 6.07) is -1.08. The predicted octanol–water partition coefficient (Wildman–Crippen LogP) is 1.97. The van der Waals surface area contributed by atoms with Gasteiger partial charge in [0.05, 0.1) is 30.8 Å². The number of hydroxylamine groups is 1. The van der Waals surface area contributed by atoms with Crippen molar-refractivity contribution in [3.63, 3.8) is 0 Å². The Morgan fingerprint density at radius 2 is 1.73 bits per heavy atom. The van der Waals surface area contributed by atoms with Crippen molar-refractivity contribution < 1.29 is 52.9 Å². The van der Waals surface area contributed by atoms with Gasteiger partial charge in [0.25, 0.3) is 0 Å². The zero-order valence-corrected chi connectivity index (χ0v) is 25.9. The Labute approximate surface area is 261 Å². The van der Waals surface area contributed by atoms with Gasteiger partial charge in [-0.15, -0.1) is 0 Å². The number of hydrogen-bond donors (Lipinski definition) is 3. The molecule has 0 aromatic carbocycles. The van der Waals surface area contributed by atoms with Crippen molar-refractivity contribution in [2.24, 2.45) is 16.7 Å². The second kappa shape index (κ2) is 13.1. The van der Waals surface area contributed by atoms with E-state index < -0.39 is 70.3 Å². The van der Waals surface area contributed by atoms with Crippen LogP contribution in [0.3, 0.4) is 0 Å². The summed E-state index contributed by atoms with van der Waals surface area (Å²) in [7, 11) is 0. The average molecular weight is 631 g/mol. The van der Waals surface area contributed by atoms with Gasteiger partial charge in [-0.3, -0.25) is 14.8 Å². The minimum atomic E-state index is -1.08. The van der Waals surface area contributed by atoms with Gasteiger partial charge in [0, 0.05) is 36.8 Å². The van der Waals surface area contributed by atoms with Gasteiger partial charge in [-0.05, 0) is 38.5 Å². The van der Waals surface area contributed by atoms with Gasteiger partial charge in [-0.2, -0.15) is 0 Å². The smallest absolute Gasteiger partial charge is 0.331 e. The standard InChI is InChI=1S/C32H42N2O11/c1-19-11-13-31-17-42-29(39)28(33-24(35)7-6-8-25(36)34-40)20(2)12-14-41-26(37)9-4-5-10-27(38)45-21-16-23(44-22(31)15-19)32(18-43-32)30(21,31)3/h4-5,9-10,15,20-23,28,40H,6-8,11-14,16-18H2,1-3H3,(H,33,35)(H,34,36)/b9-4+,10-5-/t20-,21-,22?,23-,28-,30-,31-,32+/m1/s1. The van der Waals surface area contributed by atoms with E-state index in [1.807, 2.05) is 13.8 Å². The van der Waals surface area contributed by atoms with Crippen LogP contribution in [0.2, 0.25) is 0 Å². The molecule has 2 aliphatic carbocycles.